The second kappa shape index (κ2) is 4.96. The van der Waals surface area contributed by atoms with E-state index in [4.69, 9.17) is 5.73 Å². The van der Waals surface area contributed by atoms with Crippen LogP contribution in [-0.4, -0.2) is 21.1 Å². The highest BCUT2D eigenvalue weighted by Gasteiger charge is 2.10. The summed E-state index contributed by atoms with van der Waals surface area (Å²) in [5.74, 6) is 0.374. The zero-order chi connectivity index (χ0) is 12.3. The van der Waals surface area contributed by atoms with Gasteiger partial charge in [-0.2, -0.15) is 5.10 Å². The van der Waals surface area contributed by atoms with Crippen LogP contribution in [0, 0.1) is 0 Å². The summed E-state index contributed by atoms with van der Waals surface area (Å²) in [6, 6.07) is 5.07. The van der Waals surface area contributed by atoms with Crippen LogP contribution in [0.4, 0.5) is 5.69 Å². The zero-order valence-electron chi connectivity index (χ0n) is 8.77. The number of nitrogen functional groups attached to an aromatic ring is 1. The van der Waals surface area contributed by atoms with E-state index in [0.717, 1.165) is 0 Å². The van der Waals surface area contributed by atoms with Gasteiger partial charge in [-0.3, -0.25) is 9.89 Å². The van der Waals surface area contributed by atoms with Gasteiger partial charge in [-0.05, 0) is 34.1 Å². The number of aromatic amines is 1. The van der Waals surface area contributed by atoms with Gasteiger partial charge < -0.3 is 11.1 Å². The minimum absolute atomic E-state index is 0.222. The second-order valence-corrected chi connectivity index (χ2v) is 4.21. The predicted octanol–water partition coefficient (Wildman–Crippen LogP) is 1.08. The van der Waals surface area contributed by atoms with Crippen LogP contribution in [0.15, 0.2) is 29.0 Å². The third kappa shape index (κ3) is 2.82. The summed E-state index contributed by atoms with van der Waals surface area (Å²) in [6.07, 6.45) is 1.39. The fourth-order valence-corrected chi connectivity index (χ4v) is 1.72. The number of aromatic nitrogens is 3. The lowest BCUT2D eigenvalue weighted by atomic mass is 10.2. The molecular formula is C10H10BrN5O. The number of halogens is 1. The Kier molecular flexibility index (Phi) is 3.38. The van der Waals surface area contributed by atoms with E-state index in [-0.39, 0.29) is 5.91 Å². The van der Waals surface area contributed by atoms with E-state index in [1.54, 1.807) is 18.2 Å². The molecule has 0 aliphatic carbocycles. The van der Waals surface area contributed by atoms with Gasteiger partial charge in [-0.1, -0.05) is 0 Å². The summed E-state index contributed by atoms with van der Waals surface area (Å²) in [4.78, 5) is 15.8. The van der Waals surface area contributed by atoms with E-state index in [0.29, 0.717) is 28.1 Å². The Labute approximate surface area is 106 Å². The Hall–Kier alpha value is -1.89. The third-order valence-corrected chi connectivity index (χ3v) is 2.81. The summed E-state index contributed by atoms with van der Waals surface area (Å²) in [6.45, 7) is 0.292. The number of nitrogens with zero attached hydrogens (tertiary/aromatic N) is 2. The van der Waals surface area contributed by atoms with Crippen LogP contribution in [-0.2, 0) is 6.54 Å². The highest BCUT2D eigenvalue weighted by Crippen LogP contribution is 2.19. The largest absolute Gasteiger partial charge is 0.399 e. The van der Waals surface area contributed by atoms with Crippen molar-refractivity contribution in [1.82, 2.24) is 20.5 Å². The van der Waals surface area contributed by atoms with Crippen LogP contribution >= 0.6 is 15.9 Å². The predicted molar refractivity (Wildman–Crippen MR) is 66.1 cm³/mol. The maximum absolute atomic E-state index is 11.9. The van der Waals surface area contributed by atoms with Crippen LogP contribution in [0.5, 0.6) is 0 Å². The molecule has 2 aromatic rings. The SMILES string of the molecule is Nc1ccc(Br)c(C(=O)NCc2ncn[nH]2)c1. The van der Waals surface area contributed by atoms with Crippen LogP contribution < -0.4 is 11.1 Å². The van der Waals surface area contributed by atoms with Crippen LogP contribution in [0.1, 0.15) is 16.2 Å². The van der Waals surface area contributed by atoms with Crippen molar-refractivity contribution in [3.05, 3.63) is 40.4 Å². The molecule has 4 N–H and O–H groups in total. The van der Waals surface area contributed by atoms with Gasteiger partial charge in [-0.25, -0.2) is 4.98 Å². The van der Waals surface area contributed by atoms with Crippen molar-refractivity contribution in [2.24, 2.45) is 0 Å². The minimum Gasteiger partial charge on any atom is -0.399 e. The maximum atomic E-state index is 11.9. The Balaban J connectivity index is 2.07. The summed E-state index contributed by atoms with van der Waals surface area (Å²) >= 11 is 3.30. The number of benzene rings is 1. The fraction of sp³-hybridized carbons (Fsp3) is 0.100. The molecule has 88 valence electrons. The number of anilines is 1. The molecule has 1 heterocycles. The molecule has 1 amide bonds. The van der Waals surface area contributed by atoms with Gasteiger partial charge in [-0.15, -0.1) is 0 Å². The van der Waals surface area contributed by atoms with Crippen molar-refractivity contribution < 1.29 is 4.79 Å². The molecule has 0 aliphatic heterocycles. The summed E-state index contributed by atoms with van der Waals surface area (Å²) in [5, 5.41) is 9.06. The molecular weight excluding hydrogens is 286 g/mol. The quantitative estimate of drug-likeness (QED) is 0.738. The Morgan fingerprint density at radius 2 is 2.35 bits per heavy atom. The van der Waals surface area contributed by atoms with E-state index in [2.05, 4.69) is 36.4 Å². The summed E-state index contributed by atoms with van der Waals surface area (Å²) in [7, 11) is 0. The Morgan fingerprint density at radius 3 is 3.06 bits per heavy atom. The van der Waals surface area contributed by atoms with Gasteiger partial charge in [0.25, 0.3) is 5.91 Å². The van der Waals surface area contributed by atoms with E-state index in [1.807, 2.05) is 0 Å². The van der Waals surface area contributed by atoms with Crippen molar-refractivity contribution >= 4 is 27.5 Å². The molecule has 0 saturated heterocycles. The smallest absolute Gasteiger partial charge is 0.252 e. The number of nitrogens with two attached hydrogens (primary N) is 1. The lowest BCUT2D eigenvalue weighted by Crippen LogP contribution is -2.23. The molecule has 7 heteroatoms. The van der Waals surface area contributed by atoms with Crippen molar-refractivity contribution in [2.45, 2.75) is 6.54 Å². The molecule has 0 unspecified atom stereocenters. The zero-order valence-corrected chi connectivity index (χ0v) is 10.4. The first-order valence-corrected chi connectivity index (χ1v) is 5.63. The molecule has 17 heavy (non-hydrogen) atoms. The highest BCUT2D eigenvalue weighted by molar-refractivity contribution is 9.10. The maximum Gasteiger partial charge on any atom is 0.252 e. The second-order valence-electron chi connectivity index (χ2n) is 3.35. The number of nitrogens with one attached hydrogen (secondary N) is 2. The first-order valence-electron chi connectivity index (χ1n) is 4.84. The van der Waals surface area contributed by atoms with E-state index in [9.17, 15) is 4.79 Å². The number of hydrogen-bond acceptors (Lipinski definition) is 4. The monoisotopic (exact) mass is 295 g/mol. The molecule has 0 atom stereocenters. The number of rotatable bonds is 3. The molecule has 0 saturated carbocycles. The molecule has 0 spiro atoms. The lowest BCUT2D eigenvalue weighted by Gasteiger charge is -2.06. The van der Waals surface area contributed by atoms with Gasteiger partial charge in [0.05, 0.1) is 12.1 Å². The van der Waals surface area contributed by atoms with Gasteiger partial charge in [0.15, 0.2) is 0 Å². The molecule has 1 aromatic heterocycles. The molecule has 0 bridgehead atoms. The highest BCUT2D eigenvalue weighted by atomic mass is 79.9. The minimum atomic E-state index is -0.222. The van der Waals surface area contributed by atoms with Gasteiger partial charge in [0.1, 0.15) is 12.2 Å². The van der Waals surface area contributed by atoms with Crippen molar-refractivity contribution in [1.29, 1.82) is 0 Å². The topological polar surface area (TPSA) is 96.7 Å². The molecule has 2 rings (SSSR count). The molecule has 0 fully saturated rings. The first kappa shape index (κ1) is 11.6. The molecule has 0 radical (unpaired) electrons. The van der Waals surface area contributed by atoms with E-state index >= 15 is 0 Å². The van der Waals surface area contributed by atoms with E-state index in [1.165, 1.54) is 6.33 Å². The number of amides is 1. The van der Waals surface area contributed by atoms with Gasteiger partial charge >= 0.3 is 0 Å². The van der Waals surface area contributed by atoms with Crippen molar-refractivity contribution in [3.8, 4) is 0 Å². The number of hydrogen-bond donors (Lipinski definition) is 3. The average molecular weight is 296 g/mol. The van der Waals surface area contributed by atoms with Crippen LogP contribution in [0.3, 0.4) is 0 Å². The van der Waals surface area contributed by atoms with Gasteiger partial charge in [0, 0.05) is 10.2 Å². The fourth-order valence-electron chi connectivity index (χ4n) is 1.29. The molecule has 0 aliphatic rings. The normalized spacial score (nSPS) is 10.2. The first-order chi connectivity index (χ1) is 8.16. The summed E-state index contributed by atoms with van der Waals surface area (Å²) < 4.78 is 0.696. The van der Waals surface area contributed by atoms with E-state index < -0.39 is 0 Å². The number of carbonyl (C=O) groups is 1. The van der Waals surface area contributed by atoms with Crippen molar-refractivity contribution in [3.63, 3.8) is 0 Å². The summed E-state index contributed by atoms with van der Waals surface area (Å²) in [5.41, 5.74) is 6.66. The van der Waals surface area contributed by atoms with Crippen LogP contribution in [0.25, 0.3) is 0 Å². The molecule has 1 aromatic carbocycles. The van der Waals surface area contributed by atoms with Crippen LogP contribution in [0.2, 0.25) is 0 Å². The average Bonchev–Trinajstić information content (AvgIpc) is 2.82. The number of H-pyrrole nitrogens is 1. The lowest BCUT2D eigenvalue weighted by molar-refractivity contribution is 0.0949. The third-order valence-electron chi connectivity index (χ3n) is 2.12. The Bertz CT molecular complexity index is 525. The molecule has 6 nitrogen and oxygen atoms in total. The Morgan fingerprint density at radius 1 is 1.53 bits per heavy atom. The standard InChI is InChI=1S/C10H10BrN5O/c11-8-2-1-6(12)3-7(8)10(17)13-4-9-14-5-15-16-9/h1-3,5H,4,12H2,(H,13,17)(H,14,15,16). The number of carbonyl (C=O) groups excluding carboxylic acids is 1. The van der Waals surface area contributed by atoms with Gasteiger partial charge in [0.2, 0.25) is 0 Å². The van der Waals surface area contributed by atoms with Crippen molar-refractivity contribution in [2.75, 3.05) is 5.73 Å².